The molecule has 0 saturated carbocycles. The average Bonchev–Trinajstić information content (AvgIpc) is 2.54. The molecular weight excluding hydrogens is 262 g/mol. The van der Waals surface area contributed by atoms with E-state index >= 15 is 0 Å². The third-order valence-corrected chi connectivity index (χ3v) is 3.23. The number of carbonyl (C=O) groups is 1. The first-order valence-electron chi connectivity index (χ1n) is 7.10. The van der Waals surface area contributed by atoms with E-state index in [4.69, 9.17) is 0 Å². The Morgan fingerprint density at radius 3 is 2.33 bits per heavy atom. The van der Waals surface area contributed by atoms with Crippen molar-refractivity contribution in [1.82, 2.24) is 16.2 Å². The zero-order valence-electron chi connectivity index (χ0n) is 12.2. The molecule has 0 heterocycles. The van der Waals surface area contributed by atoms with E-state index in [1.807, 2.05) is 49.5 Å². The zero-order chi connectivity index (χ0) is 14.9. The van der Waals surface area contributed by atoms with Gasteiger partial charge in [-0.25, -0.2) is 0 Å². The minimum absolute atomic E-state index is 0.0287. The number of amides is 1. The van der Waals surface area contributed by atoms with Gasteiger partial charge in [-0.05, 0) is 36.7 Å². The van der Waals surface area contributed by atoms with E-state index in [-0.39, 0.29) is 5.91 Å². The second kappa shape index (κ2) is 8.19. The van der Waals surface area contributed by atoms with Crippen LogP contribution in [0.2, 0.25) is 0 Å². The van der Waals surface area contributed by atoms with Gasteiger partial charge in [0.05, 0.1) is 0 Å². The van der Waals surface area contributed by atoms with Gasteiger partial charge >= 0.3 is 0 Å². The molecule has 0 aliphatic rings. The molecule has 0 saturated heterocycles. The van der Waals surface area contributed by atoms with E-state index in [0.717, 1.165) is 18.5 Å². The van der Waals surface area contributed by atoms with Gasteiger partial charge in [0.2, 0.25) is 0 Å². The van der Waals surface area contributed by atoms with Crippen LogP contribution in [0.25, 0.3) is 0 Å². The van der Waals surface area contributed by atoms with Gasteiger partial charge in [0.25, 0.3) is 5.91 Å². The summed E-state index contributed by atoms with van der Waals surface area (Å²) in [6, 6.07) is 17.8. The van der Waals surface area contributed by atoms with Gasteiger partial charge in [0.15, 0.2) is 0 Å². The smallest absolute Gasteiger partial charge is 0.251 e. The van der Waals surface area contributed by atoms with Crippen molar-refractivity contribution >= 4 is 5.91 Å². The monoisotopic (exact) mass is 283 g/mol. The van der Waals surface area contributed by atoms with Crippen LogP contribution in [0, 0.1) is 0 Å². The van der Waals surface area contributed by atoms with Crippen molar-refractivity contribution in [3.63, 3.8) is 0 Å². The highest BCUT2D eigenvalue weighted by Gasteiger charge is 2.04. The fourth-order valence-corrected chi connectivity index (χ4v) is 2.03. The van der Waals surface area contributed by atoms with Crippen molar-refractivity contribution in [3.05, 3.63) is 71.3 Å². The summed E-state index contributed by atoms with van der Waals surface area (Å²) in [4.78, 5) is 12.0. The van der Waals surface area contributed by atoms with Gasteiger partial charge in [0, 0.05) is 18.7 Å². The van der Waals surface area contributed by atoms with E-state index in [9.17, 15) is 4.79 Å². The van der Waals surface area contributed by atoms with Crippen LogP contribution in [0.1, 0.15) is 21.5 Å². The number of hydrogen-bond donors (Lipinski definition) is 3. The molecule has 3 N–H and O–H groups in total. The third-order valence-electron chi connectivity index (χ3n) is 3.23. The summed E-state index contributed by atoms with van der Waals surface area (Å²) >= 11 is 0. The van der Waals surface area contributed by atoms with Gasteiger partial charge in [-0.1, -0.05) is 42.5 Å². The number of rotatable bonds is 7. The number of nitrogens with one attached hydrogen (secondary N) is 3. The fourth-order valence-electron chi connectivity index (χ4n) is 2.03. The molecule has 0 aromatic heterocycles. The lowest BCUT2D eigenvalue weighted by molar-refractivity contribution is 0.0954. The van der Waals surface area contributed by atoms with Crippen LogP contribution < -0.4 is 16.2 Å². The molecule has 0 aliphatic carbocycles. The van der Waals surface area contributed by atoms with Crippen LogP contribution in [-0.4, -0.2) is 19.5 Å². The lowest BCUT2D eigenvalue weighted by Gasteiger charge is -2.07. The van der Waals surface area contributed by atoms with Crippen LogP contribution in [0.4, 0.5) is 0 Å². The molecule has 2 aromatic rings. The minimum Gasteiger partial charge on any atom is -0.352 e. The topological polar surface area (TPSA) is 53.2 Å². The first-order valence-corrected chi connectivity index (χ1v) is 7.10. The van der Waals surface area contributed by atoms with E-state index in [2.05, 4.69) is 28.3 Å². The standard InChI is InChI=1S/C17H21N3O/c1-18-20-13-15-7-9-16(10-8-15)17(21)19-12-11-14-5-3-2-4-6-14/h2-10,18,20H,11-13H2,1H3,(H,19,21). The minimum atomic E-state index is -0.0287. The first kappa shape index (κ1) is 15.2. The Balaban J connectivity index is 1.80. The van der Waals surface area contributed by atoms with Gasteiger partial charge in [-0.2, -0.15) is 0 Å². The van der Waals surface area contributed by atoms with E-state index in [0.29, 0.717) is 12.1 Å². The lowest BCUT2D eigenvalue weighted by atomic mass is 10.1. The predicted octanol–water partition coefficient (Wildman–Crippen LogP) is 1.88. The lowest BCUT2D eigenvalue weighted by Crippen LogP contribution is -2.27. The van der Waals surface area contributed by atoms with Gasteiger partial charge < -0.3 is 5.32 Å². The van der Waals surface area contributed by atoms with Crippen LogP contribution in [0.5, 0.6) is 0 Å². The van der Waals surface area contributed by atoms with Gasteiger partial charge in [0.1, 0.15) is 0 Å². The highest BCUT2D eigenvalue weighted by molar-refractivity contribution is 5.94. The number of hydrogen-bond acceptors (Lipinski definition) is 3. The molecule has 1 amide bonds. The van der Waals surface area contributed by atoms with Crippen molar-refractivity contribution in [2.24, 2.45) is 0 Å². The maximum Gasteiger partial charge on any atom is 0.251 e. The maximum absolute atomic E-state index is 12.0. The van der Waals surface area contributed by atoms with Gasteiger partial charge in [-0.3, -0.25) is 15.6 Å². The second-order valence-electron chi connectivity index (χ2n) is 4.79. The van der Waals surface area contributed by atoms with Crippen molar-refractivity contribution in [1.29, 1.82) is 0 Å². The Morgan fingerprint density at radius 1 is 0.952 bits per heavy atom. The molecule has 2 aromatic carbocycles. The average molecular weight is 283 g/mol. The molecule has 0 unspecified atom stereocenters. The molecule has 2 rings (SSSR count). The summed E-state index contributed by atoms with van der Waals surface area (Å²) in [7, 11) is 1.83. The highest BCUT2D eigenvalue weighted by Crippen LogP contribution is 2.04. The largest absolute Gasteiger partial charge is 0.352 e. The molecule has 0 atom stereocenters. The third kappa shape index (κ3) is 5.02. The van der Waals surface area contributed by atoms with Crippen LogP contribution in [-0.2, 0) is 13.0 Å². The summed E-state index contributed by atoms with van der Waals surface area (Å²) in [6.45, 7) is 1.37. The van der Waals surface area contributed by atoms with Crippen molar-refractivity contribution in [2.45, 2.75) is 13.0 Å². The SMILES string of the molecule is CNNCc1ccc(C(=O)NCCc2ccccc2)cc1. The van der Waals surface area contributed by atoms with E-state index < -0.39 is 0 Å². The molecule has 0 aliphatic heterocycles. The predicted molar refractivity (Wildman–Crippen MR) is 84.8 cm³/mol. The Morgan fingerprint density at radius 2 is 1.67 bits per heavy atom. The summed E-state index contributed by atoms with van der Waals surface area (Å²) in [5.41, 5.74) is 8.93. The number of benzene rings is 2. The Hall–Kier alpha value is -2.17. The Bertz CT molecular complexity index is 552. The van der Waals surface area contributed by atoms with E-state index in [1.54, 1.807) is 0 Å². The molecule has 0 radical (unpaired) electrons. The number of hydrazine groups is 1. The van der Waals surface area contributed by atoms with Crippen LogP contribution >= 0.6 is 0 Å². The number of carbonyl (C=O) groups excluding carboxylic acids is 1. The molecule has 4 nitrogen and oxygen atoms in total. The molecule has 21 heavy (non-hydrogen) atoms. The molecule has 0 spiro atoms. The van der Waals surface area contributed by atoms with E-state index in [1.165, 1.54) is 5.56 Å². The Labute approximate surface area is 125 Å². The summed E-state index contributed by atoms with van der Waals surface area (Å²) in [5, 5.41) is 2.94. The molecule has 0 fully saturated rings. The van der Waals surface area contributed by atoms with Crippen molar-refractivity contribution < 1.29 is 4.79 Å². The second-order valence-corrected chi connectivity index (χ2v) is 4.79. The highest BCUT2D eigenvalue weighted by atomic mass is 16.1. The van der Waals surface area contributed by atoms with Gasteiger partial charge in [-0.15, -0.1) is 0 Å². The van der Waals surface area contributed by atoms with Crippen LogP contribution in [0.15, 0.2) is 54.6 Å². The fraction of sp³-hybridized carbons (Fsp3) is 0.235. The molecule has 0 bridgehead atoms. The Kier molecular flexibility index (Phi) is 5.94. The summed E-state index contributed by atoms with van der Waals surface area (Å²) in [5.74, 6) is -0.0287. The molecule has 4 heteroatoms. The molecule has 110 valence electrons. The normalized spacial score (nSPS) is 10.3. The molecular formula is C17H21N3O. The van der Waals surface area contributed by atoms with Crippen molar-refractivity contribution in [2.75, 3.05) is 13.6 Å². The quantitative estimate of drug-likeness (QED) is 0.680. The van der Waals surface area contributed by atoms with Crippen molar-refractivity contribution in [3.8, 4) is 0 Å². The maximum atomic E-state index is 12.0. The first-order chi connectivity index (χ1) is 10.3. The summed E-state index contributed by atoms with van der Waals surface area (Å²) < 4.78 is 0. The summed E-state index contributed by atoms with van der Waals surface area (Å²) in [6.07, 6.45) is 0.844. The van der Waals surface area contributed by atoms with Crippen LogP contribution in [0.3, 0.4) is 0 Å². The zero-order valence-corrected chi connectivity index (χ0v) is 12.2.